The molecule has 3 rings (SSSR count). The minimum absolute atomic E-state index is 0.785. The molecule has 0 N–H and O–H groups in total. The summed E-state index contributed by atoms with van der Waals surface area (Å²) in [6.07, 6.45) is 17.0. The molecule has 1 heteroatoms. The molecule has 2 aliphatic carbocycles. The van der Waals surface area contributed by atoms with Crippen LogP contribution in [0, 0.1) is 17.8 Å². The van der Waals surface area contributed by atoms with Crippen LogP contribution >= 0.6 is 0 Å². The molecule has 0 atom stereocenters. The Bertz CT molecular complexity index is 489. The van der Waals surface area contributed by atoms with E-state index >= 15 is 0 Å². The molecule has 0 bridgehead atoms. The predicted octanol–water partition coefficient (Wildman–Crippen LogP) is 7.75. The lowest BCUT2D eigenvalue weighted by atomic mass is 9.68. The minimum Gasteiger partial charge on any atom is -0.494 e. The van der Waals surface area contributed by atoms with Gasteiger partial charge in [0, 0.05) is 0 Å². The van der Waals surface area contributed by atoms with Crippen molar-refractivity contribution in [2.24, 2.45) is 17.8 Å². The lowest BCUT2D eigenvalue weighted by molar-refractivity contribution is 0.156. The van der Waals surface area contributed by atoms with Gasteiger partial charge in [-0.1, -0.05) is 58.1 Å². The van der Waals surface area contributed by atoms with E-state index in [0.29, 0.717) is 0 Å². The Kier molecular flexibility index (Phi) is 7.89. The second kappa shape index (κ2) is 10.4. The Labute approximate surface area is 161 Å². The second-order valence-corrected chi connectivity index (χ2v) is 8.95. The first-order chi connectivity index (χ1) is 12.8. The van der Waals surface area contributed by atoms with Gasteiger partial charge in [0.2, 0.25) is 0 Å². The van der Waals surface area contributed by atoms with Crippen molar-refractivity contribution in [3.05, 3.63) is 29.8 Å². The number of benzene rings is 1. The predicted molar refractivity (Wildman–Crippen MR) is 112 cm³/mol. The van der Waals surface area contributed by atoms with E-state index in [1.165, 1.54) is 76.2 Å². The highest BCUT2D eigenvalue weighted by Gasteiger charge is 2.31. The van der Waals surface area contributed by atoms with Crippen molar-refractivity contribution in [3.8, 4) is 5.75 Å². The van der Waals surface area contributed by atoms with Gasteiger partial charge in [0.1, 0.15) is 5.75 Å². The zero-order valence-electron chi connectivity index (χ0n) is 17.2. The average molecular weight is 357 g/mol. The summed E-state index contributed by atoms with van der Waals surface area (Å²) >= 11 is 0. The maximum atomic E-state index is 5.81. The molecular weight excluding hydrogens is 316 g/mol. The van der Waals surface area contributed by atoms with Crippen LogP contribution in [0.4, 0.5) is 0 Å². The molecule has 1 nitrogen and oxygen atoms in total. The first kappa shape index (κ1) is 19.8. The smallest absolute Gasteiger partial charge is 0.119 e. The van der Waals surface area contributed by atoms with Crippen LogP contribution < -0.4 is 4.74 Å². The van der Waals surface area contributed by atoms with Gasteiger partial charge in [0.25, 0.3) is 0 Å². The number of unbranched alkanes of at least 4 members (excludes halogenated alkanes) is 1. The molecule has 0 heterocycles. The SMILES string of the molecule is CCCCOc1ccc(C2CCC(C3CCC(CCC)CC3)CC2)cc1. The number of hydrogen-bond donors (Lipinski definition) is 0. The molecule has 2 aliphatic rings. The molecule has 2 fully saturated rings. The average Bonchev–Trinajstić information content (AvgIpc) is 2.70. The van der Waals surface area contributed by atoms with Crippen molar-refractivity contribution in [1.29, 1.82) is 0 Å². The third-order valence-electron chi connectivity index (χ3n) is 7.14. The van der Waals surface area contributed by atoms with Crippen LogP contribution in [0.2, 0.25) is 0 Å². The summed E-state index contributed by atoms with van der Waals surface area (Å²) in [5.74, 6) is 4.93. The van der Waals surface area contributed by atoms with Gasteiger partial charge < -0.3 is 4.74 Å². The largest absolute Gasteiger partial charge is 0.494 e. The molecule has 0 aromatic heterocycles. The topological polar surface area (TPSA) is 9.23 Å². The van der Waals surface area contributed by atoms with Gasteiger partial charge >= 0.3 is 0 Å². The van der Waals surface area contributed by atoms with E-state index in [0.717, 1.165) is 42.4 Å². The first-order valence-electron chi connectivity index (χ1n) is 11.5. The quantitative estimate of drug-likeness (QED) is 0.433. The Balaban J connectivity index is 1.42. The van der Waals surface area contributed by atoms with Crippen molar-refractivity contribution >= 4 is 0 Å². The third-order valence-corrected chi connectivity index (χ3v) is 7.14. The van der Waals surface area contributed by atoms with Gasteiger partial charge in [-0.15, -0.1) is 0 Å². The van der Waals surface area contributed by atoms with E-state index in [1.54, 1.807) is 0 Å². The summed E-state index contributed by atoms with van der Waals surface area (Å²) in [5, 5.41) is 0. The number of hydrogen-bond acceptors (Lipinski definition) is 1. The molecule has 146 valence electrons. The van der Waals surface area contributed by atoms with Gasteiger partial charge in [-0.25, -0.2) is 0 Å². The highest BCUT2D eigenvalue weighted by atomic mass is 16.5. The monoisotopic (exact) mass is 356 g/mol. The Morgan fingerprint density at radius 2 is 1.38 bits per heavy atom. The zero-order valence-corrected chi connectivity index (χ0v) is 17.2. The van der Waals surface area contributed by atoms with E-state index in [-0.39, 0.29) is 0 Å². The minimum atomic E-state index is 0.785. The second-order valence-electron chi connectivity index (χ2n) is 8.95. The lowest BCUT2D eigenvalue weighted by Gasteiger charge is -2.38. The molecule has 2 saturated carbocycles. The molecule has 0 amide bonds. The van der Waals surface area contributed by atoms with E-state index in [1.807, 2.05) is 0 Å². The first-order valence-corrected chi connectivity index (χ1v) is 11.5. The molecule has 0 spiro atoms. The van der Waals surface area contributed by atoms with Crippen molar-refractivity contribution in [2.75, 3.05) is 6.61 Å². The fraction of sp³-hybridized carbons (Fsp3) is 0.760. The highest BCUT2D eigenvalue weighted by molar-refractivity contribution is 5.29. The van der Waals surface area contributed by atoms with Crippen LogP contribution in [-0.4, -0.2) is 6.61 Å². The van der Waals surface area contributed by atoms with Crippen LogP contribution in [0.5, 0.6) is 5.75 Å². The summed E-state index contributed by atoms with van der Waals surface area (Å²) in [4.78, 5) is 0. The number of ether oxygens (including phenoxy) is 1. The lowest BCUT2D eigenvalue weighted by Crippen LogP contribution is -2.25. The summed E-state index contributed by atoms with van der Waals surface area (Å²) in [7, 11) is 0. The van der Waals surface area contributed by atoms with Gasteiger partial charge in [0.15, 0.2) is 0 Å². The van der Waals surface area contributed by atoms with Crippen molar-refractivity contribution in [1.82, 2.24) is 0 Å². The molecule has 0 aliphatic heterocycles. The van der Waals surface area contributed by atoms with Gasteiger partial charge in [-0.05, 0) is 86.3 Å². The van der Waals surface area contributed by atoms with Crippen LogP contribution in [0.1, 0.15) is 102 Å². The molecular formula is C25H40O. The summed E-state index contributed by atoms with van der Waals surface area (Å²) in [6.45, 7) is 5.40. The Hall–Kier alpha value is -0.980. The molecule has 1 aromatic rings. The van der Waals surface area contributed by atoms with Crippen LogP contribution in [0.15, 0.2) is 24.3 Å². The van der Waals surface area contributed by atoms with Crippen LogP contribution in [-0.2, 0) is 0 Å². The van der Waals surface area contributed by atoms with E-state index in [4.69, 9.17) is 4.74 Å². The summed E-state index contributed by atoms with van der Waals surface area (Å²) < 4.78 is 5.81. The third kappa shape index (κ3) is 5.51. The van der Waals surface area contributed by atoms with Gasteiger partial charge in [-0.2, -0.15) is 0 Å². The molecule has 1 aromatic carbocycles. The molecule has 26 heavy (non-hydrogen) atoms. The Morgan fingerprint density at radius 3 is 1.96 bits per heavy atom. The number of rotatable bonds is 8. The standard InChI is InChI=1S/C25H40O/c1-3-5-19-26-25-17-15-24(16-18-25)23-13-11-22(12-14-23)21-9-7-20(6-4-2)8-10-21/h15-18,20-23H,3-14,19H2,1-2H3. The fourth-order valence-corrected chi connectivity index (χ4v) is 5.45. The molecule has 0 saturated heterocycles. The van der Waals surface area contributed by atoms with E-state index < -0.39 is 0 Å². The van der Waals surface area contributed by atoms with E-state index in [9.17, 15) is 0 Å². The van der Waals surface area contributed by atoms with Crippen LogP contribution in [0.3, 0.4) is 0 Å². The maximum Gasteiger partial charge on any atom is 0.119 e. The molecule has 0 unspecified atom stereocenters. The highest BCUT2D eigenvalue weighted by Crippen LogP contribution is 2.44. The van der Waals surface area contributed by atoms with Crippen LogP contribution in [0.25, 0.3) is 0 Å². The Morgan fingerprint density at radius 1 is 0.769 bits per heavy atom. The summed E-state index contributed by atoms with van der Waals surface area (Å²) in [5.41, 5.74) is 1.54. The summed E-state index contributed by atoms with van der Waals surface area (Å²) in [6, 6.07) is 9.02. The van der Waals surface area contributed by atoms with E-state index in [2.05, 4.69) is 38.1 Å². The zero-order chi connectivity index (χ0) is 18.2. The van der Waals surface area contributed by atoms with Crippen molar-refractivity contribution < 1.29 is 4.74 Å². The van der Waals surface area contributed by atoms with Crippen molar-refractivity contribution in [3.63, 3.8) is 0 Å². The van der Waals surface area contributed by atoms with Gasteiger partial charge in [0.05, 0.1) is 6.61 Å². The van der Waals surface area contributed by atoms with Crippen molar-refractivity contribution in [2.45, 2.75) is 96.8 Å². The fourth-order valence-electron chi connectivity index (χ4n) is 5.45. The maximum absolute atomic E-state index is 5.81. The molecule has 0 radical (unpaired) electrons. The van der Waals surface area contributed by atoms with Gasteiger partial charge in [-0.3, -0.25) is 0 Å². The normalized spacial score (nSPS) is 29.5.